The van der Waals surface area contributed by atoms with E-state index in [-0.39, 0.29) is 10.6 Å². The molecule has 1 aliphatic heterocycles. The van der Waals surface area contributed by atoms with E-state index in [1.165, 1.54) is 23.0 Å². The highest BCUT2D eigenvalue weighted by Gasteiger charge is 2.29. The fourth-order valence-corrected chi connectivity index (χ4v) is 3.57. The Balaban J connectivity index is 2.09. The van der Waals surface area contributed by atoms with Gasteiger partial charge in [0.25, 0.3) is 0 Å². The van der Waals surface area contributed by atoms with E-state index in [0.29, 0.717) is 9.88 Å². The fourth-order valence-electron chi connectivity index (χ4n) is 2.47. The summed E-state index contributed by atoms with van der Waals surface area (Å²) in [7, 11) is 0. The first-order valence-electron chi connectivity index (χ1n) is 6.39. The molecule has 1 aliphatic rings. The van der Waals surface area contributed by atoms with Crippen LogP contribution >= 0.6 is 11.3 Å². The minimum Gasteiger partial charge on any atom is -0.388 e. The standard InChI is InChI=1S/C14H14N2O3S/c1-9(17)13-8-12(16(18)19)14(20-13)15-7-6-10-4-2-3-5-11(10)15/h2-5,8-9,17H,6-7H2,1H3. The summed E-state index contributed by atoms with van der Waals surface area (Å²) in [5.74, 6) is 0. The molecule has 1 N–H and O–H groups in total. The van der Waals surface area contributed by atoms with Gasteiger partial charge in [-0.2, -0.15) is 0 Å². The van der Waals surface area contributed by atoms with Crippen LogP contribution in [0.4, 0.5) is 16.4 Å². The molecule has 1 aromatic carbocycles. The number of thiophene rings is 1. The van der Waals surface area contributed by atoms with Crippen LogP contribution in [-0.4, -0.2) is 16.6 Å². The van der Waals surface area contributed by atoms with Gasteiger partial charge < -0.3 is 10.0 Å². The molecule has 2 heterocycles. The zero-order chi connectivity index (χ0) is 14.3. The number of aliphatic hydroxyl groups excluding tert-OH is 1. The van der Waals surface area contributed by atoms with E-state index in [1.54, 1.807) is 6.92 Å². The first-order valence-corrected chi connectivity index (χ1v) is 7.21. The number of benzene rings is 1. The monoisotopic (exact) mass is 290 g/mol. The third kappa shape index (κ3) is 2.07. The minimum atomic E-state index is -0.690. The number of nitrogens with zero attached hydrogens (tertiary/aromatic N) is 2. The van der Waals surface area contributed by atoms with Crippen molar-refractivity contribution in [2.45, 2.75) is 19.4 Å². The topological polar surface area (TPSA) is 66.6 Å². The van der Waals surface area contributed by atoms with Gasteiger partial charge in [-0.3, -0.25) is 10.1 Å². The Labute approximate surface area is 120 Å². The summed E-state index contributed by atoms with van der Waals surface area (Å²) in [6.07, 6.45) is 0.195. The van der Waals surface area contributed by atoms with Crippen molar-refractivity contribution in [2.75, 3.05) is 11.4 Å². The van der Waals surface area contributed by atoms with Crippen LogP contribution in [-0.2, 0) is 6.42 Å². The molecule has 1 unspecified atom stereocenters. The van der Waals surface area contributed by atoms with Gasteiger partial charge in [-0.15, -0.1) is 11.3 Å². The number of rotatable bonds is 3. The van der Waals surface area contributed by atoms with Gasteiger partial charge in [-0.25, -0.2) is 0 Å². The number of hydrogen-bond acceptors (Lipinski definition) is 5. The second-order valence-corrected chi connectivity index (χ2v) is 5.86. The van der Waals surface area contributed by atoms with Gasteiger partial charge in [-0.05, 0) is 25.0 Å². The van der Waals surface area contributed by atoms with Crippen LogP contribution in [0.2, 0.25) is 0 Å². The number of nitro groups is 1. The van der Waals surface area contributed by atoms with Crippen molar-refractivity contribution >= 4 is 27.7 Å². The molecular weight excluding hydrogens is 276 g/mol. The third-order valence-electron chi connectivity index (χ3n) is 3.45. The summed E-state index contributed by atoms with van der Waals surface area (Å²) in [6, 6.07) is 9.42. The second kappa shape index (κ2) is 4.88. The first-order chi connectivity index (χ1) is 9.58. The fraction of sp³-hybridized carbons (Fsp3) is 0.286. The van der Waals surface area contributed by atoms with Crippen molar-refractivity contribution in [1.82, 2.24) is 0 Å². The van der Waals surface area contributed by atoms with Crippen molar-refractivity contribution in [3.05, 3.63) is 50.9 Å². The first kappa shape index (κ1) is 13.1. The van der Waals surface area contributed by atoms with Gasteiger partial charge >= 0.3 is 5.69 Å². The average molecular weight is 290 g/mol. The Kier molecular flexibility index (Phi) is 3.19. The zero-order valence-electron chi connectivity index (χ0n) is 10.9. The smallest absolute Gasteiger partial charge is 0.304 e. The maximum atomic E-state index is 11.2. The van der Waals surface area contributed by atoms with E-state index in [4.69, 9.17) is 0 Å². The second-order valence-electron chi connectivity index (χ2n) is 4.80. The van der Waals surface area contributed by atoms with Crippen LogP contribution < -0.4 is 4.90 Å². The molecule has 0 amide bonds. The number of aliphatic hydroxyl groups is 1. The van der Waals surface area contributed by atoms with E-state index in [2.05, 4.69) is 0 Å². The molecule has 0 fully saturated rings. The Morgan fingerprint density at radius 2 is 2.20 bits per heavy atom. The van der Waals surface area contributed by atoms with E-state index in [0.717, 1.165) is 18.7 Å². The molecule has 104 valence electrons. The molecule has 1 aromatic heterocycles. The molecule has 3 rings (SSSR count). The SMILES string of the molecule is CC(O)c1cc([N+](=O)[O-])c(N2CCc3ccccc32)s1. The summed E-state index contributed by atoms with van der Waals surface area (Å²) in [6.45, 7) is 2.36. The van der Waals surface area contributed by atoms with E-state index >= 15 is 0 Å². The van der Waals surface area contributed by atoms with Crippen molar-refractivity contribution in [3.8, 4) is 0 Å². The Bertz CT molecular complexity index is 666. The maximum absolute atomic E-state index is 11.2. The minimum absolute atomic E-state index is 0.0719. The highest BCUT2D eigenvalue weighted by atomic mass is 32.1. The van der Waals surface area contributed by atoms with Crippen molar-refractivity contribution < 1.29 is 10.0 Å². The van der Waals surface area contributed by atoms with Gasteiger partial charge in [0.2, 0.25) is 0 Å². The molecule has 0 aliphatic carbocycles. The molecule has 0 bridgehead atoms. The maximum Gasteiger partial charge on any atom is 0.304 e. The number of hydrogen-bond donors (Lipinski definition) is 1. The highest BCUT2D eigenvalue weighted by Crippen LogP contribution is 2.45. The molecule has 0 saturated heterocycles. The van der Waals surface area contributed by atoms with Crippen LogP contribution in [0.25, 0.3) is 0 Å². The Morgan fingerprint density at radius 3 is 2.90 bits per heavy atom. The van der Waals surface area contributed by atoms with Gasteiger partial charge in [0, 0.05) is 23.2 Å². The molecule has 0 spiro atoms. The summed E-state index contributed by atoms with van der Waals surface area (Å²) in [4.78, 5) is 13.5. The Morgan fingerprint density at radius 1 is 1.45 bits per heavy atom. The average Bonchev–Trinajstić information content (AvgIpc) is 3.02. The molecule has 0 radical (unpaired) electrons. The zero-order valence-corrected chi connectivity index (χ0v) is 11.8. The lowest BCUT2D eigenvalue weighted by Gasteiger charge is -2.16. The van der Waals surface area contributed by atoms with E-state index < -0.39 is 6.10 Å². The normalized spacial score (nSPS) is 15.2. The van der Waals surface area contributed by atoms with Gasteiger partial charge in [-0.1, -0.05) is 18.2 Å². The quantitative estimate of drug-likeness (QED) is 0.695. The van der Waals surface area contributed by atoms with Crippen molar-refractivity contribution in [3.63, 3.8) is 0 Å². The Hall–Kier alpha value is -1.92. The molecule has 6 heteroatoms. The van der Waals surface area contributed by atoms with E-state index in [1.807, 2.05) is 29.2 Å². The number of fused-ring (bicyclic) bond motifs is 1. The molecule has 1 atom stereocenters. The van der Waals surface area contributed by atoms with Crippen LogP contribution in [0, 0.1) is 10.1 Å². The number of anilines is 2. The lowest BCUT2D eigenvalue weighted by molar-refractivity contribution is -0.383. The van der Waals surface area contributed by atoms with Crippen molar-refractivity contribution in [2.24, 2.45) is 0 Å². The van der Waals surface area contributed by atoms with Gasteiger partial charge in [0.15, 0.2) is 5.00 Å². The summed E-state index contributed by atoms with van der Waals surface area (Å²) >= 11 is 1.29. The van der Waals surface area contributed by atoms with Crippen LogP contribution in [0.3, 0.4) is 0 Å². The lowest BCUT2D eigenvalue weighted by Crippen LogP contribution is -2.12. The van der Waals surface area contributed by atoms with Gasteiger partial charge in [0.1, 0.15) is 0 Å². The largest absolute Gasteiger partial charge is 0.388 e. The summed E-state index contributed by atoms with van der Waals surface area (Å²) < 4.78 is 0. The molecule has 5 nitrogen and oxygen atoms in total. The van der Waals surface area contributed by atoms with Gasteiger partial charge in [0.05, 0.1) is 11.0 Å². The molecule has 20 heavy (non-hydrogen) atoms. The highest BCUT2D eigenvalue weighted by molar-refractivity contribution is 7.16. The van der Waals surface area contributed by atoms with Crippen molar-refractivity contribution in [1.29, 1.82) is 0 Å². The predicted molar refractivity (Wildman–Crippen MR) is 78.8 cm³/mol. The van der Waals surface area contributed by atoms with E-state index in [9.17, 15) is 15.2 Å². The summed E-state index contributed by atoms with van der Waals surface area (Å²) in [5.41, 5.74) is 2.30. The lowest BCUT2D eigenvalue weighted by atomic mass is 10.2. The van der Waals surface area contributed by atoms with Crippen LogP contribution in [0.15, 0.2) is 30.3 Å². The third-order valence-corrected chi connectivity index (χ3v) is 4.77. The van der Waals surface area contributed by atoms with Crippen LogP contribution in [0.1, 0.15) is 23.5 Å². The molecular formula is C14H14N2O3S. The molecule has 2 aromatic rings. The summed E-state index contributed by atoms with van der Waals surface area (Å²) in [5, 5.41) is 21.5. The number of para-hydroxylation sites is 1. The van der Waals surface area contributed by atoms with Crippen LogP contribution in [0.5, 0.6) is 0 Å². The predicted octanol–water partition coefficient (Wildman–Crippen LogP) is 3.40. The molecule has 0 saturated carbocycles.